The van der Waals surface area contributed by atoms with Gasteiger partial charge in [0, 0.05) is 20.2 Å². The highest BCUT2D eigenvalue weighted by molar-refractivity contribution is 5.92. The van der Waals surface area contributed by atoms with E-state index in [2.05, 4.69) is 5.32 Å². The second-order valence-corrected chi connectivity index (χ2v) is 3.51. The van der Waals surface area contributed by atoms with Gasteiger partial charge in [-0.15, -0.1) is 0 Å². The minimum atomic E-state index is -0.899. The summed E-state index contributed by atoms with van der Waals surface area (Å²) in [7, 11) is 2.89. The van der Waals surface area contributed by atoms with Crippen molar-refractivity contribution in [3.63, 3.8) is 0 Å². The van der Waals surface area contributed by atoms with Crippen molar-refractivity contribution in [1.82, 2.24) is 4.90 Å². The minimum absolute atomic E-state index is 0.215. The van der Waals surface area contributed by atoms with Gasteiger partial charge in [0.15, 0.2) is 0 Å². The van der Waals surface area contributed by atoms with E-state index in [0.29, 0.717) is 0 Å². The Bertz CT molecular complexity index is 514. The highest BCUT2D eigenvalue weighted by atomic mass is 16.6. The van der Waals surface area contributed by atoms with E-state index < -0.39 is 27.3 Å². The lowest BCUT2D eigenvalue weighted by molar-refractivity contribution is -0.421. The van der Waals surface area contributed by atoms with Crippen molar-refractivity contribution in [2.45, 2.75) is 0 Å². The maximum absolute atomic E-state index is 11.4. The van der Waals surface area contributed by atoms with E-state index in [1.54, 1.807) is 0 Å². The van der Waals surface area contributed by atoms with E-state index in [-0.39, 0.29) is 5.69 Å². The Labute approximate surface area is 101 Å². The monoisotopic (exact) mass is 254 g/mol. The van der Waals surface area contributed by atoms with Gasteiger partial charge < -0.3 is 10.2 Å². The second kappa shape index (κ2) is 5.08. The molecule has 0 radical (unpaired) electrons. The number of para-hydroxylation sites is 1. The molecule has 18 heavy (non-hydrogen) atoms. The summed E-state index contributed by atoms with van der Waals surface area (Å²) < 4.78 is 0. The Kier molecular flexibility index (Phi) is 3.77. The summed E-state index contributed by atoms with van der Waals surface area (Å²) in [5.41, 5.74) is -1.62. The number of hydrogen-bond donors (Lipinski definition) is 1. The number of anilines is 1. The molecule has 0 aliphatic carbocycles. The summed E-state index contributed by atoms with van der Waals surface area (Å²) in [5.74, 6) is 0. The molecule has 2 amide bonds. The molecule has 0 aliphatic heterocycles. The largest absolute Gasteiger partial charge is 0.369 e. The highest BCUT2D eigenvalue weighted by Crippen LogP contribution is 2.34. The van der Waals surface area contributed by atoms with E-state index in [9.17, 15) is 25.0 Å². The third-order valence-corrected chi connectivity index (χ3v) is 2.04. The van der Waals surface area contributed by atoms with E-state index in [1.165, 1.54) is 26.2 Å². The predicted octanol–water partition coefficient (Wildman–Crippen LogP) is 1.60. The van der Waals surface area contributed by atoms with Crippen LogP contribution in [0.1, 0.15) is 0 Å². The van der Waals surface area contributed by atoms with Crippen LogP contribution in [0.15, 0.2) is 18.2 Å². The molecular formula is C9H10N4O5. The first-order chi connectivity index (χ1) is 8.34. The predicted molar refractivity (Wildman–Crippen MR) is 62.5 cm³/mol. The molecule has 1 rings (SSSR count). The van der Waals surface area contributed by atoms with Crippen LogP contribution in [-0.4, -0.2) is 34.9 Å². The second-order valence-electron chi connectivity index (χ2n) is 3.51. The van der Waals surface area contributed by atoms with Crippen LogP contribution in [0.3, 0.4) is 0 Å². The van der Waals surface area contributed by atoms with Crippen LogP contribution in [0.4, 0.5) is 21.9 Å². The molecule has 0 unspecified atom stereocenters. The molecule has 0 saturated heterocycles. The molecule has 0 spiro atoms. The third-order valence-electron chi connectivity index (χ3n) is 2.04. The quantitative estimate of drug-likeness (QED) is 0.648. The number of amides is 2. The Balaban J connectivity index is 3.27. The van der Waals surface area contributed by atoms with Crippen LogP contribution in [0.2, 0.25) is 0 Å². The lowest BCUT2D eigenvalue weighted by atomic mass is 10.2. The fraction of sp³-hybridized carbons (Fsp3) is 0.222. The molecule has 1 aromatic carbocycles. The van der Waals surface area contributed by atoms with Crippen molar-refractivity contribution in [2.24, 2.45) is 0 Å². The molecule has 0 aromatic heterocycles. The van der Waals surface area contributed by atoms with Gasteiger partial charge in [-0.1, -0.05) is 6.07 Å². The number of nitrogens with one attached hydrogen (secondary N) is 1. The van der Waals surface area contributed by atoms with E-state index in [1.807, 2.05) is 0 Å². The zero-order valence-electron chi connectivity index (χ0n) is 9.61. The molecule has 1 aromatic rings. The number of urea groups is 1. The standard InChI is InChI=1S/C9H10N4O5/c1-11(2)9(14)10-6-4-3-5-7(12(15)16)8(6)13(17)18/h3-5H,1-2H3,(H,10,14). The maximum atomic E-state index is 11.4. The fourth-order valence-corrected chi connectivity index (χ4v) is 1.20. The molecule has 9 heteroatoms. The van der Waals surface area contributed by atoms with Crippen LogP contribution in [0, 0.1) is 20.2 Å². The van der Waals surface area contributed by atoms with Gasteiger partial charge >= 0.3 is 17.4 Å². The van der Waals surface area contributed by atoms with Gasteiger partial charge in [-0.3, -0.25) is 20.2 Å². The lowest BCUT2D eigenvalue weighted by Crippen LogP contribution is -2.27. The number of nitrogens with zero attached hydrogens (tertiary/aromatic N) is 3. The molecule has 0 atom stereocenters. The first-order valence-electron chi connectivity index (χ1n) is 4.74. The molecule has 0 heterocycles. The van der Waals surface area contributed by atoms with Crippen LogP contribution in [0.5, 0.6) is 0 Å². The molecular weight excluding hydrogens is 244 g/mol. The number of carbonyl (C=O) groups excluding carboxylic acids is 1. The van der Waals surface area contributed by atoms with Gasteiger partial charge in [0.05, 0.1) is 9.85 Å². The number of benzene rings is 1. The number of hydrogen-bond acceptors (Lipinski definition) is 5. The van der Waals surface area contributed by atoms with Gasteiger partial charge in [-0.25, -0.2) is 4.79 Å². The van der Waals surface area contributed by atoms with Crippen molar-refractivity contribution < 1.29 is 14.6 Å². The van der Waals surface area contributed by atoms with Crippen molar-refractivity contribution in [3.8, 4) is 0 Å². The lowest BCUT2D eigenvalue weighted by Gasteiger charge is -2.11. The highest BCUT2D eigenvalue weighted by Gasteiger charge is 2.29. The molecule has 0 bridgehead atoms. The Hall–Kier alpha value is -2.71. The van der Waals surface area contributed by atoms with Crippen LogP contribution >= 0.6 is 0 Å². The number of carbonyl (C=O) groups is 1. The molecule has 96 valence electrons. The number of nitro benzene ring substituents is 2. The minimum Gasteiger partial charge on any atom is -0.331 e. The molecule has 0 fully saturated rings. The normalized spacial score (nSPS) is 9.67. The summed E-state index contributed by atoms with van der Waals surface area (Å²) >= 11 is 0. The number of rotatable bonds is 3. The van der Waals surface area contributed by atoms with Gasteiger partial charge in [-0.2, -0.15) is 0 Å². The van der Waals surface area contributed by atoms with Crippen LogP contribution in [-0.2, 0) is 0 Å². The third kappa shape index (κ3) is 2.70. The average molecular weight is 254 g/mol. The summed E-state index contributed by atoms with van der Waals surface area (Å²) in [5, 5.41) is 23.7. The van der Waals surface area contributed by atoms with Crippen LogP contribution < -0.4 is 5.32 Å². The molecule has 1 N–H and O–H groups in total. The van der Waals surface area contributed by atoms with E-state index in [4.69, 9.17) is 0 Å². The summed E-state index contributed by atoms with van der Waals surface area (Å²) in [6, 6.07) is 2.88. The van der Waals surface area contributed by atoms with Crippen molar-refractivity contribution >= 4 is 23.1 Å². The summed E-state index contributed by atoms with van der Waals surface area (Å²) in [6.07, 6.45) is 0. The topological polar surface area (TPSA) is 119 Å². The smallest absolute Gasteiger partial charge is 0.331 e. The Morgan fingerprint density at radius 2 is 1.83 bits per heavy atom. The first kappa shape index (κ1) is 13.4. The fourth-order valence-electron chi connectivity index (χ4n) is 1.20. The van der Waals surface area contributed by atoms with Gasteiger partial charge in [0.2, 0.25) is 0 Å². The van der Waals surface area contributed by atoms with Crippen molar-refractivity contribution in [2.75, 3.05) is 19.4 Å². The molecule has 9 nitrogen and oxygen atoms in total. The average Bonchev–Trinajstić information content (AvgIpc) is 2.27. The van der Waals surface area contributed by atoms with Gasteiger partial charge in [0.25, 0.3) is 0 Å². The van der Waals surface area contributed by atoms with Crippen molar-refractivity contribution in [1.29, 1.82) is 0 Å². The van der Waals surface area contributed by atoms with Gasteiger partial charge in [0.1, 0.15) is 5.69 Å². The molecule has 0 aliphatic rings. The SMILES string of the molecule is CN(C)C(=O)Nc1cccc([N+](=O)[O-])c1[N+](=O)[O-]. The molecule has 0 saturated carbocycles. The van der Waals surface area contributed by atoms with Crippen LogP contribution in [0.25, 0.3) is 0 Å². The van der Waals surface area contributed by atoms with E-state index in [0.717, 1.165) is 11.0 Å². The number of nitro groups is 2. The summed E-state index contributed by atoms with van der Waals surface area (Å²) in [4.78, 5) is 32.3. The summed E-state index contributed by atoms with van der Waals surface area (Å²) in [6.45, 7) is 0. The zero-order chi connectivity index (χ0) is 13.9. The van der Waals surface area contributed by atoms with Crippen molar-refractivity contribution in [3.05, 3.63) is 38.4 Å². The Morgan fingerprint density at radius 3 is 2.28 bits per heavy atom. The van der Waals surface area contributed by atoms with E-state index >= 15 is 0 Å². The first-order valence-corrected chi connectivity index (χ1v) is 4.74. The Morgan fingerprint density at radius 1 is 1.22 bits per heavy atom. The maximum Gasteiger partial charge on any atom is 0.369 e. The zero-order valence-corrected chi connectivity index (χ0v) is 9.61. The van der Waals surface area contributed by atoms with Gasteiger partial charge in [-0.05, 0) is 6.07 Å².